The number of benzene rings is 1. The maximum Gasteiger partial charge on any atom is 0.307 e. The summed E-state index contributed by atoms with van der Waals surface area (Å²) in [5, 5.41) is 2.67. The van der Waals surface area contributed by atoms with E-state index < -0.39 is 0 Å². The number of nitrogens with one attached hydrogen (secondary N) is 1. The van der Waals surface area contributed by atoms with Crippen LogP contribution < -0.4 is 14.8 Å². The molecule has 1 N–H and O–H groups in total. The molecule has 0 fully saturated rings. The average Bonchev–Trinajstić information content (AvgIpc) is 2.53. The molecule has 6 nitrogen and oxygen atoms in total. The van der Waals surface area contributed by atoms with Crippen molar-refractivity contribution in [3.05, 3.63) is 22.2 Å². The molecule has 7 heteroatoms. The Kier molecular flexibility index (Phi) is 8.47. The van der Waals surface area contributed by atoms with E-state index in [0.717, 1.165) is 6.42 Å². The van der Waals surface area contributed by atoms with Gasteiger partial charge in [0, 0.05) is 12.1 Å². The van der Waals surface area contributed by atoms with E-state index in [9.17, 15) is 9.59 Å². The first-order valence-corrected chi connectivity index (χ1v) is 8.26. The van der Waals surface area contributed by atoms with Gasteiger partial charge in [0.25, 0.3) is 5.91 Å². The lowest BCUT2D eigenvalue weighted by Crippen LogP contribution is -2.26. The number of esters is 1. The Morgan fingerprint density at radius 2 is 2.00 bits per heavy atom. The maximum absolute atomic E-state index is 12.1. The van der Waals surface area contributed by atoms with Gasteiger partial charge in [0.2, 0.25) is 0 Å². The summed E-state index contributed by atoms with van der Waals surface area (Å²) in [5.74, 6) is 0.408. The predicted octanol–water partition coefficient (Wildman–Crippen LogP) is 2.93. The van der Waals surface area contributed by atoms with Crippen LogP contribution in [0.4, 0.5) is 0 Å². The molecule has 0 aliphatic heterocycles. The van der Waals surface area contributed by atoms with Gasteiger partial charge in [-0.05, 0) is 41.4 Å². The van der Waals surface area contributed by atoms with Crippen molar-refractivity contribution in [2.45, 2.75) is 26.7 Å². The minimum Gasteiger partial charge on any atom is -0.493 e. The molecule has 23 heavy (non-hydrogen) atoms. The summed E-state index contributed by atoms with van der Waals surface area (Å²) in [6, 6.07) is 3.27. The molecule has 0 aromatic heterocycles. The van der Waals surface area contributed by atoms with Crippen LogP contribution in [-0.4, -0.2) is 38.7 Å². The van der Waals surface area contributed by atoms with Crippen molar-refractivity contribution in [1.82, 2.24) is 5.32 Å². The smallest absolute Gasteiger partial charge is 0.307 e. The fraction of sp³-hybridized carbons (Fsp3) is 0.500. The molecule has 1 amide bonds. The molecule has 1 aromatic rings. The molecule has 1 aromatic carbocycles. The third-order valence-electron chi connectivity index (χ3n) is 2.86. The van der Waals surface area contributed by atoms with Crippen molar-refractivity contribution in [1.29, 1.82) is 0 Å². The van der Waals surface area contributed by atoms with Crippen molar-refractivity contribution in [3.8, 4) is 11.5 Å². The van der Waals surface area contributed by atoms with E-state index in [0.29, 0.717) is 34.7 Å². The summed E-state index contributed by atoms with van der Waals surface area (Å²) in [7, 11) is 1.52. The first-order chi connectivity index (χ1) is 11.0. The van der Waals surface area contributed by atoms with Crippen LogP contribution in [0.2, 0.25) is 0 Å². The van der Waals surface area contributed by atoms with E-state index >= 15 is 0 Å². The van der Waals surface area contributed by atoms with Gasteiger partial charge in [-0.3, -0.25) is 9.59 Å². The Labute approximate surface area is 144 Å². The van der Waals surface area contributed by atoms with E-state index in [1.165, 1.54) is 7.11 Å². The second-order valence-electron chi connectivity index (χ2n) is 4.65. The molecule has 0 saturated heterocycles. The van der Waals surface area contributed by atoms with Crippen molar-refractivity contribution < 1.29 is 23.8 Å². The quantitative estimate of drug-likeness (QED) is 0.659. The minimum absolute atomic E-state index is 0.135. The highest BCUT2D eigenvalue weighted by molar-refractivity contribution is 9.10. The number of rotatable bonds is 9. The van der Waals surface area contributed by atoms with Crippen molar-refractivity contribution >= 4 is 27.8 Å². The van der Waals surface area contributed by atoms with E-state index in [1.54, 1.807) is 19.1 Å². The Bertz CT molecular complexity index is 548. The van der Waals surface area contributed by atoms with Crippen LogP contribution in [0.15, 0.2) is 16.6 Å². The number of hydrogen-bond acceptors (Lipinski definition) is 5. The molecule has 0 heterocycles. The van der Waals surface area contributed by atoms with Gasteiger partial charge in [-0.15, -0.1) is 0 Å². The molecular formula is C16H22BrNO5. The van der Waals surface area contributed by atoms with Crippen molar-refractivity contribution in [3.63, 3.8) is 0 Å². The largest absolute Gasteiger partial charge is 0.493 e. The fourth-order valence-corrected chi connectivity index (χ4v) is 2.36. The molecule has 1 rings (SSSR count). The number of halogens is 1. The zero-order valence-corrected chi connectivity index (χ0v) is 15.2. The van der Waals surface area contributed by atoms with E-state index in [2.05, 4.69) is 21.2 Å². The summed E-state index contributed by atoms with van der Waals surface area (Å²) in [4.78, 5) is 23.4. The fourth-order valence-electron chi connectivity index (χ4n) is 1.81. The van der Waals surface area contributed by atoms with Crippen molar-refractivity contribution in [2.75, 3.05) is 26.9 Å². The molecule has 0 bridgehead atoms. The van der Waals surface area contributed by atoms with Gasteiger partial charge in [-0.2, -0.15) is 0 Å². The van der Waals surface area contributed by atoms with Crippen LogP contribution >= 0.6 is 15.9 Å². The molecule has 0 atom stereocenters. The van der Waals surface area contributed by atoms with Gasteiger partial charge in [0.15, 0.2) is 11.5 Å². The number of carbonyl (C=O) groups excluding carboxylic acids is 2. The van der Waals surface area contributed by atoms with Crippen molar-refractivity contribution in [2.24, 2.45) is 0 Å². The summed E-state index contributed by atoms with van der Waals surface area (Å²) in [6.45, 7) is 4.84. The van der Waals surface area contributed by atoms with E-state index in [1.807, 2.05) is 6.92 Å². The second-order valence-corrected chi connectivity index (χ2v) is 5.50. The number of methoxy groups -OCH3 is 1. The molecule has 0 aliphatic carbocycles. The zero-order valence-electron chi connectivity index (χ0n) is 13.6. The number of amides is 1. The van der Waals surface area contributed by atoms with Gasteiger partial charge < -0.3 is 19.5 Å². The van der Waals surface area contributed by atoms with Crippen LogP contribution in [0.5, 0.6) is 11.5 Å². The number of ether oxygens (including phenoxy) is 3. The maximum atomic E-state index is 12.1. The summed E-state index contributed by atoms with van der Waals surface area (Å²) in [6.07, 6.45) is 1.00. The first-order valence-electron chi connectivity index (χ1n) is 7.47. The average molecular weight is 388 g/mol. The molecule has 0 spiro atoms. The van der Waals surface area contributed by atoms with Gasteiger partial charge in [0.1, 0.15) is 0 Å². The molecule has 0 aliphatic rings. The standard InChI is InChI=1S/C16H22BrNO5/c1-4-8-23-15-12(17)9-11(10-13(15)21-3)16(20)18-7-6-14(19)22-5-2/h9-10H,4-8H2,1-3H3,(H,18,20). The van der Waals surface area contributed by atoms with Crippen LogP contribution in [0, 0.1) is 0 Å². The molecular weight excluding hydrogens is 366 g/mol. The highest BCUT2D eigenvalue weighted by atomic mass is 79.9. The normalized spacial score (nSPS) is 10.1. The third-order valence-corrected chi connectivity index (χ3v) is 3.45. The molecule has 0 saturated carbocycles. The van der Waals surface area contributed by atoms with Crippen LogP contribution in [-0.2, 0) is 9.53 Å². The summed E-state index contributed by atoms with van der Waals surface area (Å²) < 4.78 is 16.3. The van der Waals surface area contributed by atoms with Gasteiger partial charge in [-0.25, -0.2) is 0 Å². The summed E-state index contributed by atoms with van der Waals surface area (Å²) >= 11 is 3.39. The molecule has 128 valence electrons. The highest BCUT2D eigenvalue weighted by Crippen LogP contribution is 2.36. The second kappa shape index (κ2) is 10.1. The predicted molar refractivity (Wildman–Crippen MR) is 90.1 cm³/mol. The third kappa shape index (κ3) is 6.09. The Balaban J connectivity index is 2.74. The topological polar surface area (TPSA) is 73.9 Å². The Morgan fingerprint density at radius 3 is 2.61 bits per heavy atom. The van der Waals surface area contributed by atoms with E-state index in [4.69, 9.17) is 14.2 Å². The van der Waals surface area contributed by atoms with Crippen LogP contribution in [0.1, 0.15) is 37.0 Å². The minimum atomic E-state index is -0.338. The van der Waals surface area contributed by atoms with Crippen LogP contribution in [0.25, 0.3) is 0 Å². The SMILES string of the molecule is CCCOc1c(Br)cc(C(=O)NCCC(=O)OCC)cc1OC. The Morgan fingerprint density at radius 1 is 1.26 bits per heavy atom. The molecule has 0 unspecified atom stereocenters. The monoisotopic (exact) mass is 387 g/mol. The van der Waals surface area contributed by atoms with Crippen LogP contribution in [0.3, 0.4) is 0 Å². The van der Waals surface area contributed by atoms with Gasteiger partial charge in [-0.1, -0.05) is 6.92 Å². The zero-order chi connectivity index (χ0) is 17.2. The highest BCUT2D eigenvalue weighted by Gasteiger charge is 2.15. The lowest BCUT2D eigenvalue weighted by Gasteiger charge is -2.14. The lowest BCUT2D eigenvalue weighted by atomic mass is 10.2. The first kappa shape index (κ1) is 19.3. The molecule has 0 radical (unpaired) electrons. The Hall–Kier alpha value is -1.76. The lowest BCUT2D eigenvalue weighted by molar-refractivity contribution is -0.142. The van der Waals surface area contributed by atoms with E-state index in [-0.39, 0.29) is 24.8 Å². The van der Waals surface area contributed by atoms with Gasteiger partial charge >= 0.3 is 5.97 Å². The van der Waals surface area contributed by atoms with Gasteiger partial charge in [0.05, 0.1) is 31.2 Å². The number of hydrogen-bond donors (Lipinski definition) is 1. The number of carbonyl (C=O) groups is 2. The summed E-state index contributed by atoms with van der Waals surface area (Å²) in [5.41, 5.74) is 0.418.